The molecule has 1 fully saturated rings. The highest BCUT2D eigenvalue weighted by Crippen LogP contribution is 2.41. The van der Waals surface area contributed by atoms with Crippen LogP contribution in [0.4, 0.5) is 26.0 Å². The predicted molar refractivity (Wildman–Crippen MR) is 108 cm³/mol. The summed E-state index contributed by atoms with van der Waals surface area (Å²) in [4.78, 5) is 28.4. The van der Waals surface area contributed by atoms with Gasteiger partial charge in [0, 0.05) is 11.9 Å². The number of halogens is 1. The van der Waals surface area contributed by atoms with Crippen LogP contribution in [-0.4, -0.2) is 33.7 Å². The topological polar surface area (TPSA) is 80.2 Å². The minimum absolute atomic E-state index is 0.0427. The van der Waals surface area contributed by atoms with E-state index in [0.29, 0.717) is 23.3 Å². The quantitative estimate of drug-likeness (QED) is 0.695. The number of thiazole rings is 1. The lowest BCUT2D eigenvalue weighted by atomic mass is 10.00. The van der Waals surface area contributed by atoms with Gasteiger partial charge in [0.25, 0.3) is 0 Å². The molecular weight excluding hydrogens is 393 g/mol. The fourth-order valence-electron chi connectivity index (χ4n) is 3.53. The molecule has 1 atom stereocenters. The van der Waals surface area contributed by atoms with Crippen molar-refractivity contribution in [2.45, 2.75) is 32.7 Å². The number of benzene rings is 1. The Balaban J connectivity index is 1.49. The molecule has 0 radical (unpaired) electrons. The number of ether oxygens (including phenoxy) is 1. The van der Waals surface area contributed by atoms with E-state index in [-0.39, 0.29) is 18.0 Å². The molecule has 3 heterocycles. The van der Waals surface area contributed by atoms with E-state index in [1.165, 1.54) is 17.4 Å². The maximum Gasteiger partial charge on any atom is 0.416 e. The van der Waals surface area contributed by atoms with Crippen molar-refractivity contribution in [2.24, 2.45) is 0 Å². The first-order valence-electron chi connectivity index (χ1n) is 9.35. The van der Waals surface area contributed by atoms with Gasteiger partial charge in [-0.05, 0) is 56.0 Å². The number of hydrogen-bond acceptors (Lipinski definition) is 7. The van der Waals surface area contributed by atoms with Crippen LogP contribution in [0.5, 0.6) is 0 Å². The van der Waals surface area contributed by atoms with Crippen molar-refractivity contribution in [3.63, 3.8) is 0 Å². The fourth-order valence-corrected chi connectivity index (χ4v) is 4.76. The van der Waals surface area contributed by atoms with Crippen LogP contribution in [0.2, 0.25) is 0 Å². The Labute approximate surface area is 170 Å². The Morgan fingerprint density at radius 3 is 2.93 bits per heavy atom. The molecule has 1 aliphatic heterocycles. The number of anilines is 3. The zero-order chi connectivity index (χ0) is 20.1. The van der Waals surface area contributed by atoms with Crippen LogP contribution in [-0.2, 0) is 17.6 Å². The number of aryl methyl sites for hydroxylation is 3. The zero-order valence-electron chi connectivity index (χ0n) is 15.9. The Bertz CT molecular complexity index is 1130. The fraction of sp³-hybridized carbons (Fsp3) is 0.300. The maximum atomic E-state index is 13.5. The first kappa shape index (κ1) is 18.0. The molecule has 1 unspecified atom stereocenters. The second kappa shape index (κ2) is 6.77. The van der Waals surface area contributed by atoms with Gasteiger partial charge < -0.3 is 10.1 Å². The molecule has 1 aromatic carbocycles. The first-order valence-corrected chi connectivity index (χ1v) is 10.2. The Kier molecular flexibility index (Phi) is 4.20. The molecule has 1 saturated heterocycles. The first-order chi connectivity index (χ1) is 14.0. The summed E-state index contributed by atoms with van der Waals surface area (Å²) in [5, 5.41) is 3.78. The third-order valence-corrected chi connectivity index (χ3v) is 6.21. The van der Waals surface area contributed by atoms with Crippen LogP contribution in [0, 0.1) is 12.7 Å². The monoisotopic (exact) mass is 411 g/mol. The number of cyclic esters (lactones) is 1. The van der Waals surface area contributed by atoms with Gasteiger partial charge in [0.15, 0.2) is 5.13 Å². The number of fused-ring (bicyclic) bond motifs is 3. The Morgan fingerprint density at radius 1 is 1.31 bits per heavy atom. The second-order valence-corrected chi connectivity index (χ2v) is 8.20. The largest absolute Gasteiger partial charge is 0.447 e. The number of carbonyl (C=O) groups excluding carboxylic acids is 1. The van der Waals surface area contributed by atoms with Gasteiger partial charge >= 0.3 is 6.09 Å². The van der Waals surface area contributed by atoms with Crippen molar-refractivity contribution >= 4 is 34.2 Å². The minimum atomic E-state index is -0.361. The molecule has 9 heteroatoms. The number of rotatable bonds is 3. The van der Waals surface area contributed by atoms with Gasteiger partial charge in [-0.2, -0.15) is 0 Å². The summed E-state index contributed by atoms with van der Waals surface area (Å²) in [5.74, 6) is 0.185. The third-order valence-electron chi connectivity index (χ3n) is 5.10. The number of nitrogens with one attached hydrogen (secondary N) is 1. The number of nitrogens with zero attached hydrogens (tertiary/aromatic N) is 4. The molecule has 2 aliphatic rings. The normalized spacial score (nSPS) is 17.7. The number of aromatic nitrogens is 3. The summed E-state index contributed by atoms with van der Waals surface area (Å²) in [6.07, 6.45) is 3.03. The van der Waals surface area contributed by atoms with E-state index in [1.54, 1.807) is 24.0 Å². The summed E-state index contributed by atoms with van der Waals surface area (Å²) in [6, 6.07) is 4.75. The maximum absolute atomic E-state index is 13.5. The molecule has 0 saturated carbocycles. The van der Waals surface area contributed by atoms with Gasteiger partial charge in [-0.1, -0.05) is 11.3 Å². The smallest absolute Gasteiger partial charge is 0.416 e. The lowest BCUT2D eigenvalue weighted by Gasteiger charge is -2.15. The van der Waals surface area contributed by atoms with E-state index in [9.17, 15) is 9.18 Å². The van der Waals surface area contributed by atoms with Crippen molar-refractivity contribution in [3.8, 4) is 10.6 Å². The molecule has 1 aliphatic carbocycles. The third kappa shape index (κ3) is 3.11. The molecule has 1 N–H and O–H groups in total. The van der Waals surface area contributed by atoms with E-state index in [0.717, 1.165) is 40.4 Å². The van der Waals surface area contributed by atoms with Crippen LogP contribution < -0.4 is 10.2 Å². The number of hydrogen-bond donors (Lipinski definition) is 1. The van der Waals surface area contributed by atoms with Gasteiger partial charge in [0.2, 0.25) is 5.95 Å². The summed E-state index contributed by atoms with van der Waals surface area (Å²) in [7, 11) is 0. The molecule has 2 aromatic heterocycles. The molecule has 7 nitrogen and oxygen atoms in total. The van der Waals surface area contributed by atoms with Crippen molar-refractivity contribution in [1.29, 1.82) is 0 Å². The lowest BCUT2D eigenvalue weighted by Crippen LogP contribution is -2.30. The average Bonchev–Trinajstić information content (AvgIpc) is 3.27. The molecular formula is C20H18FN5O2S. The molecule has 0 bridgehead atoms. The van der Waals surface area contributed by atoms with Crippen LogP contribution in [0.1, 0.15) is 23.7 Å². The van der Waals surface area contributed by atoms with E-state index >= 15 is 0 Å². The van der Waals surface area contributed by atoms with Crippen LogP contribution in [0.3, 0.4) is 0 Å². The second-order valence-electron chi connectivity index (χ2n) is 7.22. The van der Waals surface area contributed by atoms with E-state index in [1.807, 2.05) is 13.1 Å². The van der Waals surface area contributed by atoms with Gasteiger partial charge in [-0.15, -0.1) is 0 Å². The summed E-state index contributed by atoms with van der Waals surface area (Å²) >= 11 is 1.45. The average molecular weight is 411 g/mol. The molecule has 3 aromatic rings. The van der Waals surface area contributed by atoms with E-state index < -0.39 is 0 Å². The minimum Gasteiger partial charge on any atom is -0.447 e. The van der Waals surface area contributed by atoms with Crippen LogP contribution in [0.25, 0.3) is 10.6 Å². The Hall–Kier alpha value is -3.07. The molecule has 1 amide bonds. The standard InChI is InChI=1S/C20H18FN5O2S/c1-10-7-13(4-5-14(10)21)23-18-22-8-12-3-6-15-17(16(12)25-18)29-19(24-15)26-11(2)9-28-20(26)27/h4-5,7-8,11H,3,6,9H2,1-2H3,(H,22,23,25). The van der Waals surface area contributed by atoms with Gasteiger partial charge in [0.1, 0.15) is 12.4 Å². The van der Waals surface area contributed by atoms with E-state index in [4.69, 9.17) is 9.72 Å². The summed E-state index contributed by atoms with van der Waals surface area (Å²) in [6.45, 7) is 4.02. The Morgan fingerprint density at radius 2 is 2.17 bits per heavy atom. The number of carbonyl (C=O) groups is 1. The highest BCUT2D eigenvalue weighted by Gasteiger charge is 2.35. The molecule has 29 heavy (non-hydrogen) atoms. The summed E-state index contributed by atoms with van der Waals surface area (Å²) < 4.78 is 18.6. The van der Waals surface area contributed by atoms with Crippen molar-refractivity contribution in [1.82, 2.24) is 15.0 Å². The van der Waals surface area contributed by atoms with Gasteiger partial charge in [0.05, 0.1) is 22.3 Å². The van der Waals surface area contributed by atoms with Gasteiger partial charge in [-0.25, -0.2) is 29.0 Å². The summed E-state index contributed by atoms with van der Waals surface area (Å²) in [5.41, 5.74) is 4.08. The van der Waals surface area contributed by atoms with Crippen molar-refractivity contribution in [3.05, 3.63) is 47.0 Å². The van der Waals surface area contributed by atoms with Gasteiger partial charge in [-0.3, -0.25) is 0 Å². The molecule has 5 rings (SSSR count). The van der Waals surface area contributed by atoms with Crippen molar-refractivity contribution in [2.75, 3.05) is 16.8 Å². The SMILES string of the molecule is Cc1cc(Nc2ncc3c(n2)-c2sc(N4C(=O)OCC4C)nc2CC3)ccc1F. The van der Waals surface area contributed by atoms with Crippen LogP contribution in [0.15, 0.2) is 24.4 Å². The number of amides is 1. The van der Waals surface area contributed by atoms with Crippen LogP contribution >= 0.6 is 11.3 Å². The molecule has 0 spiro atoms. The lowest BCUT2D eigenvalue weighted by molar-refractivity contribution is 0.179. The van der Waals surface area contributed by atoms with Crippen molar-refractivity contribution < 1.29 is 13.9 Å². The molecule has 148 valence electrons. The van der Waals surface area contributed by atoms with E-state index in [2.05, 4.69) is 15.3 Å². The highest BCUT2D eigenvalue weighted by atomic mass is 32.1. The zero-order valence-corrected chi connectivity index (χ0v) is 16.7. The highest BCUT2D eigenvalue weighted by molar-refractivity contribution is 7.19. The predicted octanol–water partition coefficient (Wildman–Crippen LogP) is 4.23.